The Morgan fingerprint density at radius 3 is 3.00 bits per heavy atom. The Morgan fingerprint density at radius 1 is 1.45 bits per heavy atom. The second-order valence-electron chi connectivity index (χ2n) is 4.47. The van der Waals surface area contributed by atoms with Gasteiger partial charge in [0.15, 0.2) is 0 Å². The minimum absolute atomic E-state index is 0.147. The van der Waals surface area contributed by atoms with E-state index in [1.54, 1.807) is 11.0 Å². The van der Waals surface area contributed by atoms with E-state index in [1.165, 1.54) is 0 Å². The largest absolute Gasteiger partial charge is 0.481 e. The molecule has 0 aliphatic heterocycles. The van der Waals surface area contributed by atoms with E-state index in [0.717, 1.165) is 23.5 Å². The predicted molar refractivity (Wildman–Crippen MR) is 75.4 cm³/mol. The van der Waals surface area contributed by atoms with Gasteiger partial charge < -0.3 is 10.4 Å². The molecule has 2 rings (SSSR count). The highest BCUT2D eigenvalue weighted by molar-refractivity contribution is 5.67. The summed E-state index contributed by atoms with van der Waals surface area (Å²) >= 11 is 0. The number of aliphatic carboxylic acids is 1. The molecule has 6 nitrogen and oxygen atoms in total. The topological polar surface area (TPSA) is 80.0 Å². The van der Waals surface area contributed by atoms with Crippen molar-refractivity contribution in [3.63, 3.8) is 0 Å². The molecule has 20 heavy (non-hydrogen) atoms. The minimum atomic E-state index is -0.778. The number of aromatic nitrogens is 3. The lowest BCUT2D eigenvalue weighted by atomic mass is 10.1. The number of nitrogens with one attached hydrogen (secondary N) is 1. The Bertz CT molecular complexity index is 580. The van der Waals surface area contributed by atoms with Crippen molar-refractivity contribution >= 4 is 11.7 Å². The molecule has 106 valence electrons. The van der Waals surface area contributed by atoms with Gasteiger partial charge in [-0.25, -0.2) is 0 Å². The van der Waals surface area contributed by atoms with Crippen molar-refractivity contribution in [2.45, 2.75) is 32.9 Å². The normalized spacial score (nSPS) is 10.4. The van der Waals surface area contributed by atoms with Crippen molar-refractivity contribution in [3.8, 4) is 0 Å². The Balaban J connectivity index is 1.92. The van der Waals surface area contributed by atoms with Crippen LogP contribution in [0.25, 0.3) is 0 Å². The lowest BCUT2D eigenvalue weighted by Gasteiger charge is -2.06. The van der Waals surface area contributed by atoms with Crippen LogP contribution in [0, 0.1) is 0 Å². The second-order valence-corrected chi connectivity index (χ2v) is 4.47. The third kappa shape index (κ3) is 4.08. The van der Waals surface area contributed by atoms with Crippen molar-refractivity contribution in [2.24, 2.45) is 0 Å². The van der Waals surface area contributed by atoms with Crippen LogP contribution in [0.4, 0.5) is 5.69 Å². The summed E-state index contributed by atoms with van der Waals surface area (Å²) in [6, 6.07) is 7.77. The number of anilines is 1. The smallest absolute Gasteiger partial charge is 0.303 e. The van der Waals surface area contributed by atoms with Crippen LogP contribution in [0.1, 0.15) is 24.6 Å². The van der Waals surface area contributed by atoms with Gasteiger partial charge in [0.1, 0.15) is 5.69 Å². The summed E-state index contributed by atoms with van der Waals surface area (Å²) in [5.74, 6) is -0.778. The van der Waals surface area contributed by atoms with Gasteiger partial charge in [-0.3, -0.25) is 4.79 Å². The maximum atomic E-state index is 10.6. The summed E-state index contributed by atoms with van der Waals surface area (Å²) in [6.07, 6.45) is 2.43. The number of aryl methyl sites for hydroxylation is 2. The van der Waals surface area contributed by atoms with E-state index >= 15 is 0 Å². The first-order valence-corrected chi connectivity index (χ1v) is 6.61. The monoisotopic (exact) mass is 274 g/mol. The maximum Gasteiger partial charge on any atom is 0.303 e. The molecule has 0 saturated carbocycles. The highest BCUT2D eigenvalue weighted by Crippen LogP contribution is 2.13. The summed E-state index contributed by atoms with van der Waals surface area (Å²) in [6.45, 7) is 3.34. The molecule has 6 heteroatoms. The number of hydrogen-bond donors (Lipinski definition) is 2. The Hall–Kier alpha value is -2.37. The Kier molecular flexibility index (Phi) is 4.70. The SMILES string of the molecule is CCn1ncc(CNc2cccc(CCC(=O)O)c2)n1. The third-order valence-electron chi connectivity index (χ3n) is 2.89. The summed E-state index contributed by atoms with van der Waals surface area (Å²) in [7, 11) is 0. The standard InChI is InChI=1S/C14H18N4O2/c1-2-18-16-10-13(17-18)9-15-12-5-3-4-11(8-12)6-7-14(19)20/h3-5,8,10,15H,2,6-7,9H2,1H3,(H,19,20). The summed E-state index contributed by atoms with van der Waals surface area (Å²) in [5, 5.41) is 20.4. The molecule has 0 fully saturated rings. The molecule has 1 heterocycles. The van der Waals surface area contributed by atoms with Crippen molar-refractivity contribution < 1.29 is 9.90 Å². The van der Waals surface area contributed by atoms with Crippen LogP contribution in [-0.2, 0) is 24.3 Å². The van der Waals surface area contributed by atoms with Gasteiger partial charge in [-0.2, -0.15) is 15.0 Å². The van der Waals surface area contributed by atoms with Gasteiger partial charge in [0, 0.05) is 12.1 Å². The van der Waals surface area contributed by atoms with E-state index in [4.69, 9.17) is 5.11 Å². The van der Waals surface area contributed by atoms with Gasteiger partial charge >= 0.3 is 5.97 Å². The summed E-state index contributed by atoms with van der Waals surface area (Å²) < 4.78 is 0. The van der Waals surface area contributed by atoms with Gasteiger partial charge in [-0.05, 0) is 31.0 Å². The van der Waals surface area contributed by atoms with Gasteiger partial charge in [0.25, 0.3) is 0 Å². The average Bonchev–Trinajstić information content (AvgIpc) is 2.91. The van der Waals surface area contributed by atoms with Crippen molar-refractivity contribution in [1.82, 2.24) is 15.0 Å². The van der Waals surface area contributed by atoms with Crippen LogP contribution < -0.4 is 5.32 Å². The number of nitrogens with zero attached hydrogens (tertiary/aromatic N) is 3. The van der Waals surface area contributed by atoms with E-state index in [-0.39, 0.29) is 6.42 Å². The van der Waals surface area contributed by atoms with Crippen LogP contribution in [0.3, 0.4) is 0 Å². The molecular weight excluding hydrogens is 256 g/mol. The Labute approximate surface area is 117 Å². The molecule has 0 amide bonds. The first kappa shape index (κ1) is 14.0. The fourth-order valence-electron chi connectivity index (χ4n) is 1.85. The van der Waals surface area contributed by atoms with Gasteiger partial charge in [0.05, 0.1) is 19.3 Å². The molecule has 0 atom stereocenters. The minimum Gasteiger partial charge on any atom is -0.481 e. The molecule has 1 aromatic heterocycles. The van der Waals surface area contributed by atoms with E-state index in [2.05, 4.69) is 15.5 Å². The lowest BCUT2D eigenvalue weighted by Crippen LogP contribution is -2.03. The first-order chi connectivity index (χ1) is 9.67. The predicted octanol–water partition coefficient (Wildman–Crippen LogP) is 1.93. The molecule has 1 aromatic carbocycles. The molecule has 2 aromatic rings. The molecule has 0 radical (unpaired) electrons. The molecule has 0 aliphatic carbocycles. The molecular formula is C14H18N4O2. The van der Waals surface area contributed by atoms with E-state index in [9.17, 15) is 4.79 Å². The number of carbonyl (C=O) groups is 1. The quantitative estimate of drug-likeness (QED) is 0.806. The zero-order valence-corrected chi connectivity index (χ0v) is 11.4. The molecule has 0 saturated heterocycles. The zero-order valence-electron chi connectivity index (χ0n) is 11.4. The number of rotatable bonds is 7. The highest BCUT2D eigenvalue weighted by Gasteiger charge is 2.02. The molecule has 0 bridgehead atoms. The fraction of sp³-hybridized carbons (Fsp3) is 0.357. The maximum absolute atomic E-state index is 10.6. The van der Waals surface area contributed by atoms with Crippen LogP contribution >= 0.6 is 0 Å². The van der Waals surface area contributed by atoms with Crippen molar-refractivity contribution in [2.75, 3.05) is 5.32 Å². The van der Waals surface area contributed by atoms with Crippen molar-refractivity contribution in [3.05, 3.63) is 41.7 Å². The lowest BCUT2D eigenvalue weighted by molar-refractivity contribution is -0.136. The van der Waals surface area contributed by atoms with Gasteiger partial charge in [-0.1, -0.05) is 12.1 Å². The highest BCUT2D eigenvalue weighted by atomic mass is 16.4. The van der Waals surface area contributed by atoms with Crippen LogP contribution in [0.15, 0.2) is 30.5 Å². The number of hydrogen-bond acceptors (Lipinski definition) is 4. The zero-order chi connectivity index (χ0) is 14.4. The van der Waals surface area contributed by atoms with E-state index < -0.39 is 5.97 Å². The molecule has 0 aliphatic rings. The molecule has 0 unspecified atom stereocenters. The number of carboxylic acids is 1. The number of carboxylic acid groups (broad SMARTS) is 1. The fourth-order valence-corrected chi connectivity index (χ4v) is 1.85. The van der Waals surface area contributed by atoms with E-state index in [1.807, 2.05) is 31.2 Å². The van der Waals surface area contributed by atoms with Gasteiger partial charge in [-0.15, -0.1) is 0 Å². The third-order valence-corrected chi connectivity index (χ3v) is 2.89. The number of benzene rings is 1. The second kappa shape index (κ2) is 6.70. The molecule has 0 spiro atoms. The van der Waals surface area contributed by atoms with Crippen LogP contribution in [0.5, 0.6) is 0 Å². The average molecular weight is 274 g/mol. The van der Waals surface area contributed by atoms with Crippen LogP contribution in [-0.4, -0.2) is 26.1 Å². The summed E-state index contributed by atoms with van der Waals surface area (Å²) in [5.41, 5.74) is 2.84. The first-order valence-electron chi connectivity index (χ1n) is 6.61. The van der Waals surface area contributed by atoms with E-state index in [0.29, 0.717) is 13.0 Å². The summed E-state index contributed by atoms with van der Waals surface area (Å²) in [4.78, 5) is 12.2. The Morgan fingerprint density at radius 2 is 2.30 bits per heavy atom. The molecule has 2 N–H and O–H groups in total. The van der Waals surface area contributed by atoms with Gasteiger partial charge in [0.2, 0.25) is 0 Å². The van der Waals surface area contributed by atoms with Crippen molar-refractivity contribution in [1.29, 1.82) is 0 Å². The van der Waals surface area contributed by atoms with Crippen LogP contribution in [0.2, 0.25) is 0 Å².